The Bertz CT molecular complexity index is 406. The fourth-order valence-electron chi connectivity index (χ4n) is 1.14. The van der Waals surface area contributed by atoms with Crippen LogP contribution >= 0.6 is 11.3 Å². The quantitative estimate of drug-likeness (QED) is 0.801. The molecule has 0 N–H and O–H groups in total. The highest BCUT2D eigenvalue weighted by Gasteiger charge is 2.15. The Labute approximate surface area is 89.1 Å². The molecule has 0 bridgehead atoms. The molecule has 1 aromatic heterocycles. The van der Waals surface area contributed by atoms with Gasteiger partial charge in [0.15, 0.2) is 0 Å². The number of aryl methyl sites for hydroxylation is 2. The van der Waals surface area contributed by atoms with Crippen LogP contribution in [0.3, 0.4) is 0 Å². The molecular formula is C9H15NO2S2. The van der Waals surface area contributed by atoms with Crippen LogP contribution in [0.5, 0.6) is 0 Å². The molecule has 1 heterocycles. The van der Waals surface area contributed by atoms with Crippen LogP contribution in [-0.4, -0.2) is 19.7 Å². The zero-order valence-corrected chi connectivity index (χ0v) is 10.3. The first kappa shape index (κ1) is 11.7. The third kappa shape index (κ3) is 2.78. The molecule has 0 saturated heterocycles. The SMILES string of the molecule is CCCCc1nc(S(C)(=O)=O)sc1C. The summed E-state index contributed by atoms with van der Waals surface area (Å²) in [5.74, 6) is 0. The number of rotatable bonds is 4. The molecule has 3 nitrogen and oxygen atoms in total. The number of nitrogens with zero attached hydrogens (tertiary/aromatic N) is 1. The zero-order chi connectivity index (χ0) is 10.8. The normalized spacial score (nSPS) is 11.9. The van der Waals surface area contributed by atoms with Gasteiger partial charge in [0.1, 0.15) is 0 Å². The molecule has 1 rings (SSSR count). The van der Waals surface area contributed by atoms with Crippen molar-refractivity contribution in [3.63, 3.8) is 0 Å². The molecule has 0 unspecified atom stereocenters. The Balaban J connectivity index is 2.94. The first-order valence-corrected chi connectivity index (χ1v) is 7.32. The van der Waals surface area contributed by atoms with Crippen LogP contribution in [0.2, 0.25) is 0 Å². The van der Waals surface area contributed by atoms with Crippen molar-refractivity contribution in [1.82, 2.24) is 4.98 Å². The summed E-state index contributed by atoms with van der Waals surface area (Å²) >= 11 is 1.27. The first-order valence-electron chi connectivity index (χ1n) is 4.61. The maximum absolute atomic E-state index is 11.2. The van der Waals surface area contributed by atoms with Gasteiger partial charge in [0.25, 0.3) is 0 Å². The highest BCUT2D eigenvalue weighted by Crippen LogP contribution is 2.22. The Kier molecular flexibility index (Phi) is 3.66. The first-order chi connectivity index (χ1) is 6.45. The standard InChI is InChI=1S/C9H15NO2S2/c1-4-5-6-8-7(2)13-9(10-8)14(3,11)12/h4-6H2,1-3H3. The van der Waals surface area contributed by atoms with Crippen LogP contribution in [0, 0.1) is 6.92 Å². The maximum atomic E-state index is 11.2. The van der Waals surface area contributed by atoms with E-state index in [2.05, 4.69) is 11.9 Å². The number of aromatic nitrogens is 1. The Morgan fingerprint density at radius 1 is 1.43 bits per heavy atom. The van der Waals surface area contributed by atoms with Gasteiger partial charge in [-0.05, 0) is 19.8 Å². The van der Waals surface area contributed by atoms with Crippen LogP contribution in [0.4, 0.5) is 0 Å². The molecule has 0 spiro atoms. The molecule has 0 saturated carbocycles. The number of unbranched alkanes of at least 4 members (excludes halogenated alkanes) is 1. The molecule has 0 aliphatic rings. The second-order valence-corrected chi connectivity index (χ2v) is 6.75. The van der Waals surface area contributed by atoms with Gasteiger partial charge in [0.2, 0.25) is 14.2 Å². The summed E-state index contributed by atoms with van der Waals surface area (Å²) in [4.78, 5) is 5.18. The molecule has 1 aromatic rings. The lowest BCUT2D eigenvalue weighted by molar-refractivity contribution is 0.600. The van der Waals surface area contributed by atoms with Crippen LogP contribution in [0.15, 0.2) is 4.34 Å². The predicted molar refractivity (Wildman–Crippen MR) is 58.6 cm³/mol. The highest BCUT2D eigenvalue weighted by atomic mass is 32.2. The van der Waals surface area contributed by atoms with Crippen LogP contribution in [0.1, 0.15) is 30.3 Å². The molecule has 0 aliphatic carbocycles. The second-order valence-electron chi connectivity index (χ2n) is 3.36. The summed E-state index contributed by atoms with van der Waals surface area (Å²) in [7, 11) is -3.12. The minimum absolute atomic E-state index is 0.251. The second kappa shape index (κ2) is 4.40. The molecule has 0 aliphatic heterocycles. The summed E-state index contributed by atoms with van der Waals surface area (Å²) in [5, 5.41) is 0. The molecule has 0 amide bonds. The lowest BCUT2D eigenvalue weighted by Gasteiger charge is -1.94. The monoisotopic (exact) mass is 233 g/mol. The van der Waals surface area contributed by atoms with E-state index in [1.807, 2.05) is 6.92 Å². The fraction of sp³-hybridized carbons (Fsp3) is 0.667. The molecule has 0 atom stereocenters. The third-order valence-electron chi connectivity index (χ3n) is 1.96. The van der Waals surface area contributed by atoms with E-state index in [1.165, 1.54) is 17.6 Å². The van der Waals surface area contributed by atoms with Crippen molar-refractivity contribution in [3.8, 4) is 0 Å². The van der Waals surface area contributed by atoms with Gasteiger partial charge in [-0.25, -0.2) is 13.4 Å². The van der Waals surface area contributed by atoms with Crippen molar-refractivity contribution in [2.75, 3.05) is 6.26 Å². The average molecular weight is 233 g/mol. The molecule has 0 aromatic carbocycles. The minimum Gasteiger partial charge on any atom is -0.230 e. The lowest BCUT2D eigenvalue weighted by atomic mass is 10.2. The third-order valence-corrected chi connectivity index (χ3v) is 4.65. The Morgan fingerprint density at radius 2 is 2.07 bits per heavy atom. The zero-order valence-electron chi connectivity index (χ0n) is 8.70. The average Bonchev–Trinajstić information content (AvgIpc) is 2.43. The Hall–Kier alpha value is -0.420. The van der Waals surface area contributed by atoms with Crippen LogP contribution in [-0.2, 0) is 16.3 Å². The minimum atomic E-state index is -3.12. The number of sulfone groups is 1. The van der Waals surface area contributed by atoms with E-state index < -0.39 is 9.84 Å². The molecule has 5 heteroatoms. The molecule has 0 fully saturated rings. The van der Waals surface area contributed by atoms with Crippen molar-refractivity contribution in [2.24, 2.45) is 0 Å². The molecule has 80 valence electrons. The topological polar surface area (TPSA) is 47.0 Å². The van der Waals surface area contributed by atoms with E-state index in [4.69, 9.17) is 0 Å². The summed E-state index contributed by atoms with van der Waals surface area (Å²) in [6, 6.07) is 0. The smallest absolute Gasteiger partial charge is 0.209 e. The largest absolute Gasteiger partial charge is 0.230 e. The number of hydrogen-bond donors (Lipinski definition) is 0. The Morgan fingerprint density at radius 3 is 2.50 bits per heavy atom. The summed E-state index contributed by atoms with van der Waals surface area (Å²) < 4.78 is 22.7. The van der Waals surface area contributed by atoms with Crippen molar-refractivity contribution in [1.29, 1.82) is 0 Å². The van der Waals surface area contributed by atoms with Gasteiger partial charge in [-0.1, -0.05) is 13.3 Å². The number of hydrogen-bond acceptors (Lipinski definition) is 4. The lowest BCUT2D eigenvalue weighted by Crippen LogP contribution is -1.96. The summed E-state index contributed by atoms with van der Waals surface area (Å²) in [5.41, 5.74) is 0.942. The van der Waals surface area contributed by atoms with Gasteiger partial charge in [0, 0.05) is 11.1 Å². The van der Waals surface area contributed by atoms with Gasteiger partial charge in [-0.15, -0.1) is 11.3 Å². The number of thiazole rings is 1. The van der Waals surface area contributed by atoms with Gasteiger partial charge in [0.05, 0.1) is 5.69 Å². The predicted octanol–water partition coefficient (Wildman–Crippen LogP) is 2.20. The molecular weight excluding hydrogens is 218 g/mol. The van der Waals surface area contributed by atoms with Gasteiger partial charge in [-0.3, -0.25) is 0 Å². The van der Waals surface area contributed by atoms with E-state index in [0.29, 0.717) is 0 Å². The van der Waals surface area contributed by atoms with E-state index in [9.17, 15) is 8.42 Å². The van der Waals surface area contributed by atoms with E-state index in [0.717, 1.165) is 29.8 Å². The summed E-state index contributed by atoms with van der Waals surface area (Å²) in [6.45, 7) is 4.04. The molecule has 14 heavy (non-hydrogen) atoms. The van der Waals surface area contributed by atoms with Gasteiger partial charge >= 0.3 is 0 Å². The molecule has 0 radical (unpaired) electrons. The van der Waals surface area contributed by atoms with E-state index in [-0.39, 0.29) is 4.34 Å². The van der Waals surface area contributed by atoms with Crippen LogP contribution in [0.25, 0.3) is 0 Å². The van der Waals surface area contributed by atoms with E-state index in [1.54, 1.807) is 0 Å². The van der Waals surface area contributed by atoms with Gasteiger partial charge < -0.3 is 0 Å². The van der Waals surface area contributed by atoms with Crippen molar-refractivity contribution < 1.29 is 8.42 Å². The maximum Gasteiger partial charge on any atom is 0.209 e. The van der Waals surface area contributed by atoms with Crippen LogP contribution < -0.4 is 0 Å². The van der Waals surface area contributed by atoms with Crippen molar-refractivity contribution >= 4 is 21.2 Å². The van der Waals surface area contributed by atoms with Crippen molar-refractivity contribution in [3.05, 3.63) is 10.6 Å². The summed E-state index contributed by atoms with van der Waals surface area (Å²) in [6.07, 6.45) is 4.25. The van der Waals surface area contributed by atoms with E-state index >= 15 is 0 Å². The van der Waals surface area contributed by atoms with Crippen molar-refractivity contribution in [2.45, 2.75) is 37.4 Å². The van der Waals surface area contributed by atoms with Gasteiger partial charge in [-0.2, -0.15) is 0 Å². The highest BCUT2D eigenvalue weighted by molar-refractivity contribution is 7.92. The fourth-order valence-corrected chi connectivity index (χ4v) is 3.08.